The average Bonchev–Trinajstić information content (AvgIpc) is 3.04. The zero-order chi connectivity index (χ0) is 13.1. The molecule has 3 aliphatic heterocycles. The summed E-state index contributed by atoms with van der Waals surface area (Å²) in [5.41, 5.74) is 1.70. The number of rotatable bonds is 1. The second kappa shape index (κ2) is 3.54. The Morgan fingerprint density at radius 1 is 1.05 bits per heavy atom. The number of anilines is 1. The number of amides is 2. The van der Waals surface area contributed by atoms with E-state index in [0.29, 0.717) is 5.69 Å². The molecule has 3 aliphatic rings. The van der Waals surface area contributed by atoms with Gasteiger partial charge in [0.05, 0.1) is 29.7 Å². The van der Waals surface area contributed by atoms with Gasteiger partial charge < -0.3 is 4.74 Å². The molecule has 0 aliphatic carbocycles. The van der Waals surface area contributed by atoms with Crippen LogP contribution in [-0.4, -0.2) is 24.0 Å². The maximum Gasteiger partial charge on any atom is 0.240 e. The van der Waals surface area contributed by atoms with Crippen LogP contribution in [0.4, 0.5) is 5.69 Å². The first-order valence-corrected chi connectivity index (χ1v) is 6.45. The molecule has 0 radical (unpaired) electrons. The van der Waals surface area contributed by atoms with Crippen LogP contribution in [0.5, 0.6) is 0 Å². The molecular formula is C15H13NO3. The zero-order valence-corrected chi connectivity index (χ0v) is 10.4. The molecule has 0 aromatic heterocycles. The largest absolute Gasteiger partial charge is 0.365 e. The van der Waals surface area contributed by atoms with Crippen molar-refractivity contribution >= 4 is 17.5 Å². The molecule has 0 N–H and O–H groups in total. The lowest BCUT2D eigenvalue weighted by Gasteiger charge is -2.17. The number of aryl methyl sites for hydroxylation is 1. The van der Waals surface area contributed by atoms with E-state index in [2.05, 4.69) is 0 Å². The Morgan fingerprint density at radius 3 is 2.26 bits per heavy atom. The molecule has 4 atom stereocenters. The highest BCUT2D eigenvalue weighted by atomic mass is 16.5. The molecule has 4 nitrogen and oxygen atoms in total. The molecule has 96 valence electrons. The number of hydrogen-bond acceptors (Lipinski definition) is 3. The number of carbonyl (C=O) groups is 2. The Balaban J connectivity index is 1.77. The predicted octanol–water partition coefficient (Wildman–Crippen LogP) is 1.44. The van der Waals surface area contributed by atoms with Gasteiger partial charge in [-0.3, -0.25) is 9.59 Å². The molecule has 1 aromatic carbocycles. The highest BCUT2D eigenvalue weighted by Crippen LogP contribution is 2.46. The van der Waals surface area contributed by atoms with E-state index in [1.165, 1.54) is 4.90 Å². The molecule has 2 saturated heterocycles. The second-order valence-corrected chi connectivity index (χ2v) is 5.35. The van der Waals surface area contributed by atoms with Gasteiger partial charge in [0.15, 0.2) is 0 Å². The second-order valence-electron chi connectivity index (χ2n) is 5.35. The van der Waals surface area contributed by atoms with Crippen LogP contribution in [0.1, 0.15) is 5.56 Å². The van der Waals surface area contributed by atoms with E-state index in [-0.39, 0.29) is 35.9 Å². The number of imide groups is 1. The molecule has 0 unspecified atom stereocenters. The van der Waals surface area contributed by atoms with Crippen molar-refractivity contribution in [1.29, 1.82) is 0 Å². The molecule has 2 bridgehead atoms. The van der Waals surface area contributed by atoms with Crippen LogP contribution < -0.4 is 4.90 Å². The minimum absolute atomic E-state index is 0.127. The quantitative estimate of drug-likeness (QED) is 0.563. The molecule has 4 rings (SSSR count). The molecule has 4 heteroatoms. The summed E-state index contributed by atoms with van der Waals surface area (Å²) in [6, 6.07) is 7.49. The standard InChI is InChI=1S/C15H13NO3/c1-8-3-2-4-9(7-8)16-14(17)12-10-5-6-11(19-10)13(12)15(16)18/h2-7,10-13H,1H3/t10-,11-,12-,13+/m1/s1. The van der Waals surface area contributed by atoms with Crippen LogP contribution in [0.2, 0.25) is 0 Å². The van der Waals surface area contributed by atoms with Crippen LogP contribution in [0, 0.1) is 18.8 Å². The van der Waals surface area contributed by atoms with E-state index in [1.807, 2.05) is 37.3 Å². The fourth-order valence-corrected chi connectivity index (χ4v) is 3.33. The Labute approximate surface area is 110 Å². The van der Waals surface area contributed by atoms with Gasteiger partial charge >= 0.3 is 0 Å². The van der Waals surface area contributed by atoms with Crippen molar-refractivity contribution in [3.63, 3.8) is 0 Å². The maximum atomic E-state index is 12.5. The van der Waals surface area contributed by atoms with Gasteiger partial charge in [0.2, 0.25) is 11.8 Å². The lowest BCUT2D eigenvalue weighted by Crippen LogP contribution is -2.34. The Kier molecular flexibility index (Phi) is 2.04. The van der Waals surface area contributed by atoms with Gasteiger partial charge in [0.1, 0.15) is 0 Å². The summed E-state index contributed by atoms with van der Waals surface area (Å²) in [4.78, 5) is 26.3. The highest BCUT2D eigenvalue weighted by molar-refractivity contribution is 6.23. The van der Waals surface area contributed by atoms with Gasteiger partial charge in [0.25, 0.3) is 0 Å². The van der Waals surface area contributed by atoms with E-state index >= 15 is 0 Å². The molecule has 0 saturated carbocycles. The fraction of sp³-hybridized carbons (Fsp3) is 0.333. The number of benzene rings is 1. The summed E-state index contributed by atoms with van der Waals surface area (Å²) in [5.74, 6) is -0.916. The first-order chi connectivity index (χ1) is 9.16. The van der Waals surface area contributed by atoms with E-state index in [1.54, 1.807) is 6.07 Å². The summed E-state index contributed by atoms with van der Waals surface area (Å²) in [7, 11) is 0. The van der Waals surface area contributed by atoms with E-state index < -0.39 is 0 Å². The molecule has 19 heavy (non-hydrogen) atoms. The van der Waals surface area contributed by atoms with Crippen molar-refractivity contribution in [2.75, 3.05) is 4.90 Å². The third-order valence-corrected chi connectivity index (χ3v) is 4.17. The van der Waals surface area contributed by atoms with Crippen LogP contribution in [0.15, 0.2) is 36.4 Å². The summed E-state index contributed by atoms with van der Waals surface area (Å²) in [6.07, 6.45) is 3.36. The average molecular weight is 255 g/mol. The summed E-state index contributed by atoms with van der Waals surface area (Å²) < 4.78 is 5.61. The first kappa shape index (κ1) is 10.9. The van der Waals surface area contributed by atoms with E-state index in [4.69, 9.17) is 4.74 Å². The zero-order valence-electron chi connectivity index (χ0n) is 10.4. The van der Waals surface area contributed by atoms with Gasteiger partial charge in [-0.15, -0.1) is 0 Å². The van der Waals surface area contributed by atoms with Gasteiger partial charge in [0, 0.05) is 0 Å². The Hall–Kier alpha value is -1.94. The van der Waals surface area contributed by atoms with Crippen molar-refractivity contribution in [3.05, 3.63) is 42.0 Å². The highest BCUT2D eigenvalue weighted by Gasteiger charge is 2.60. The lowest BCUT2D eigenvalue weighted by atomic mass is 9.85. The van der Waals surface area contributed by atoms with Crippen LogP contribution in [0.25, 0.3) is 0 Å². The number of fused-ring (bicyclic) bond motifs is 5. The normalized spacial score (nSPS) is 35.3. The number of hydrogen-bond donors (Lipinski definition) is 0. The molecule has 3 heterocycles. The smallest absolute Gasteiger partial charge is 0.240 e. The summed E-state index contributed by atoms with van der Waals surface area (Å²) >= 11 is 0. The Morgan fingerprint density at radius 2 is 1.68 bits per heavy atom. The van der Waals surface area contributed by atoms with Crippen molar-refractivity contribution in [2.24, 2.45) is 11.8 Å². The van der Waals surface area contributed by atoms with Crippen molar-refractivity contribution in [2.45, 2.75) is 19.1 Å². The number of ether oxygens (including phenoxy) is 1. The lowest BCUT2D eigenvalue weighted by molar-refractivity contribution is -0.124. The summed E-state index contributed by atoms with van der Waals surface area (Å²) in [5, 5.41) is 0. The van der Waals surface area contributed by atoms with Gasteiger partial charge in [-0.25, -0.2) is 4.90 Å². The molecule has 1 aromatic rings. The van der Waals surface area contributed by atoms with Gasteiger partial charge in [-0.05, 0) is 24.6 Å². The molecular weight excluding hydrogens is 242 g/mol. The third-order valence-electron chi connectivity index (χ3n) is 4.17. The van der Waals surface area contributed by atoms with Crippen molar-refractivity contribution < 1.29 is 14.3 Å². The minimum Gasteiger partial charge on any atom is -0.365 e. The van der Waals surface area contributed by atoms with E-state index in [0.717, 1.165) is 5.56 Å². The monoisotopic (exact) mass is 255 g/mol. The van der Waals surface area contributed by atoms with Gasteiger partial charge in [-0.2, -0.15) is 0 Å². The molecule has 0 spiro atoms. The molecule has 2 amide bonds. The van der Waals surface area contributed by atoms with Crippen molar-refractivity contribution in [1.82, 2.24) is 0 Å². The predicted molar refractivity (Wildman–Crippen MR) is 68.5 cm³/mol. The fourth-order valence-electron chi connectivity index (χ4n) is 3.33. The topological polar surface area (TPSA) is 46.6 Å². The summed E-state index contributed by atoms with van der Waals surface area (Å²) in [6.45, 7) is 1.95. The minimum atomic E-state index is -0.331. The van der Waals surface area contributed by atoms with Crippen LogP contribution in [0.3, 0.4) is 0 Å². The number of carbonyl (C=O) groups excluding carboxylic acids is 2. The Bertz CT molecular complexity index is 592. The van der Waals surface area contributed by atoms with Crippen LogP contribution in [-0.2, 0) is 14.3 Å². The van der Waals surface area contributed by atoms with E-state index in [9.17, 15) is 9.59 Å². The number of nitrogens with zero attached hydrogens (tertiary/aromatic N) is 1. The SMILES string of the molecule is Cc1cccc(N2C(=O)[C@@H]3[C@H](C2=O)[C@H]2C=C[C@H]3O2)c1. The first-order valence-electron chi connectivity index (χ1n) is 6.45. The van der Waals surface area contributed by atoms with Crippen LogP contribution >= 0.6 is 0 Å². The maximum absolute atomic E-state index is 12.5. The third kappa shape index (κ3) is 1.32. The van der Waals surface area contributed by atoms with Crippen molar-refractivity contribution in [3.8, 4) is 0 Å². The molecule has 2 fully saturated rings. The van der Waals surface area contributed by atoms with Gasteiger partial charge in [-0.1, -0.05) is 24.3 Å².